The van der Waals surface area contributed by atoms with Crippen LogP contribution in [0.4, 0.5) is 0 Å². The van der Waals surface area contributed by atoms with Crippen LogP contribution >= 0.6 is 0 Å². The fourth-order valence-corrected chi connectivity index (χ4v) is 1.98. The van der Waals surface area contributed by atoms with E-state index in [0.717, 1.165) is 12.1 Å². The van der Waals surface area contributed by atoms with E-state index in [-0.39, 0.29) is 17.9 Å². The largest absolute Gasteiger partial charge is 0.491 e. The van der Waals surface area contributed by atoms with Crippen molar-refractivity contribution in [2.24, 2.45) is 16.8 Å². The number of benzene rings is 1. The smallest absolute Gasteiger partial charge is 0.335 e. The Morgan fingerprint density at radius 1 is 1.40 bits per heavy atom. The van der Waals surface area contributed by atoms with Gasteiger partial charge in [-0.2, -0.15) is 0 Å². The third-order valence-corrected chi connectivity index (χ3v) is 3.40. The normalized spacial score (nSPS) is 12.7. The van der Waals surface area contributed by atoms with E-state index < -0.39 is 32.7 Å². The molecule has 1 aromatic carbocycles. The molecule has 1 aromatic rings. The van der Waals surface area contributed by atoms with Gasteiger partial charge in [0.05, 0.1) is 18.1 Å². The summed E-state index contributed by atoms with van der Waals surface area (Å²) in [6.45, 7) is 1.36. The van der Waals surface area contributed by atoms with Crippen LogP contribution in [-0.2, 0) is 14.8 Å². The quantitative estimate of drug-likeness (QED) is 0.646. The maximum atomic E-state index is 11.4. The van der Waals surface area contributed by atoms with Crippen LogP contribution in [0, 0.1) is 5.92 Å². The van der Waals surface area contributed by atoms with Crippen molar-refractivity contribution < 1.29 is 27.9 Å². The molecule has 0 aliphatic rings. The molecule has 0 radical (unpaired) electrons. The first-order valence-corrected chi connectivity index (χ1v) is 7.00. The highest BCUT2D eigenvalue weighted by molar-refractivity contribution is 7.89. The lowest BCUT2D eigenvalue weighted by atomic mass is 10.2. The van der Waals surface area contributed by atoms with Gasteiger partial charge in [-0.15, -0.1) is 0 Å². The van der Waals surface area contributed by atoms with Gasteiger partial charge in [0.25, 0.3) is 0 Å². The number of amides is 1. The molecule has 0 aromatic heterocycles. The van der Waals surface area contributed by atoms with Crippen molar-refractivity contribution in [3.8, 4) is 5.75 Å². The van der Waals surface area contributed by atoms with Crippen molar-refractivity contribution in [3.63, 3.8) is 0 Å². The molecule has 0 bridgehead atoms. The summed E-state index contributed by atoms with van der Waals surface area (Å²) in [5.41, 5.74) is 4.80. The number of hydrogen-bond acceptors (Lipinski definition) is 5. The number of carboxylic acid groups (broad SMARTS) is 1. The number of nitrogens with two attached hydrogens (primary N) is 2. The number of primary sulfonamides is 1. The highest BCUT2D eigenvalue weighted by Gasteiger charge is 2.19. The Labute approximate surface area is 115 Å². The second kappa shape index (κ2) is 5.88. The van der Waals surface area contributed by atoms with Crippen molar-refractivity contribution in [3.05, 3.63) is 23.8 Å². The summed E-state index contributed by atoms with van der Waals surface area (Å²) in [6.07, 6.45) is 0. The average molecular weight is 302 g/mol. The van der Waals surface area contributed by atoms with Crippen molar-refractivity contribution in [2.75, 3.05) is 6.61 Å². The molecule has 0 spiro atoms. The average Bonchev–Trinajstić information content (AvgIpc) is 2.34. The summed E-state index contributed by atoms with van der Waals surface area (Å²) in [7, 11) is -4.16. The van der Waals surface area contributed by atoms with Gasteiger partial charge >= 0.3 is 5.97 Å². The zero-order chi connectivity index (χ0) is 15.5. The van der Waals surface area contributed by atoms with E-state index in [4.69, 9.17) is 20.7 Å². The number of carbonyl (C=O) groups is 2. The Morgan fingerprint density at radius 2 is 2.00 bits per heavy atom. The molecule has 1 atom stereocenters. The van der Waals surface area contributed by atoms with E-state index in [2.05, 4.69) is 0 Å². The van der Waals surface area contributed by atoms with E-state index in [0.29, 0.717) is 0 Å². The molecule has 20 heavy (non-hydrogen) atoms. The lowest BCUT2D eigenvalue weighted by molar-refractivity contribution is -0.122. The standard InChI is InChI=1S/C11H14N2O6S/c1-6(10(12)14)5-19-8-3-2-7(11(15)16)4-9(8)20(13,17)18/h2-4,6H,5H2,1H3,(H2,12,14)(H,15,16)(H2,13,17,18). The molecule has 5 N–H and O–H groups in total. The highest BCUT2D eigenvalue weighted by atomic mass is 32.2. The molecular weight excluding hydrogens is 288 g/mol. The minimum atomic E-state index is -4.16. The summed E-state index contributed by atoms with van der Waals surface area (Å²) in [5.74, 6) is -2.68. The van der Waals surface area contributed by atoms with Crippen LogP contribution in [0.15, 0.2) is 23.1 Å². The Kier molecular flexibility index (Phi) is 4.69. The number of carboxylic acids is 1. The van der Waals surface area contributed by atoms with Gasteiger partial charge in [-0.25, -0.2) is 18.4 Å². The molecule has 110 valence electrons. The van der Waals surface area contributed by atoms with Crippen LogP contribution < -0.4 is 15.6 Å². The number of sulfonamides is 1. The molecule has 1 rings (SSSR count). The monoisotopic (exact) mass is 302 g/mol. The predicted octanol–water partition coefficient (Wildman–Crippen LogP) is -0.468. The van der Waals surface area contributed by atoms with Gasteiger partial charge in [0.1, 0.15) is 10.6 Å². The summed E-state index contributed by atoms with van der Waals surface area (Å²) in [5, 5.41) is 13.8. The number of hydrogen-bond donors (Lipinski definition) is 3. The topological polar surface area (TPSA) is 150 Å². The highest BCUT2D eigenvalue weighted by Crippen LogP contribution is 2.24. The first-order chi connectivity index (χ1) is 9.12. The van der Waals surface area contributed by atoms with Crippen LogP contribution in [0.3, 0.4) is 0 Å². The minimum absolute atomic E-state index is 0.134. The van der Waals surface area contributed by atoms with E-state index in [1.54, 1.807) is 0 Å². The van der Waals surface area contributed by atoms with E-state index in [9.17, 15) is 18.0 Å². The van der Waals surface area contributed by atoms with Crippen LogP contribution in [0.5, 0.6) is 5.75 Å². The van der Waals surface area contributed by atoms with Crippen molar-refractivity contribution in [1.29, 1.82) is 0 Å². The van der Waals surface area contributed by atoms with E-state index >= 15 is 0 Å². The molecular formula is C11H14N2O6S. The first-order valence-electron chi connectivity index (χ1n) is 5.45. The van der Waals surface area contributed by atoms with E-state index in [1.807, 2.05) is 0 Å². The molecule has 1 amide bonds. The molecule has 9 heteroatoms. The summed E-state index contributed by atoms with van der Waals surface area (Å²) in [4.78, 5) is 21.2. The molecule has 0 fully saturated rings. The number of aromatic carboxylic acids is 1. The van der Waals surface area contributed by atoms with Crippen molar-refractivity contribution in [2.45, 2.75) is 11.8 Å². The first kappa shape index (κ1) is 15.9. The molecule has 8 nitrogen and oxygen atoms in total. The van der Waals surface area contributed by atoms with Crippen LogP contribution in [-0.4, -0.2) is 32.0 Å². The fourth-order valence-electron chi connectivity index (χ4n) is 1.28. The third-order valence-electron chi connectivity index (χ3n) is 2.47. The summed E-state index contributed by atoms with van der Waals surface area (Å²) in [6, 6.07) is 3.22. The second-order valence-corrected chi connectivity index (χ2v) is 5.66. The molecule has 0 aliphatic heterocycles. The van der Waals surface area contributed by atoms with Gasteiger partial charge in [-0.3, -0.25) is 4.79 Å². The lowest BCUT2D eigenvalue weighted by Gasteiger charge is -2.13. The predicted molar refractivity (Wildman–Crippen MR) is 68.6 cm³/mol. The molecule has 0 aliphatic carbocycles. The number of primary amides is 1. The van der Waals surface area contributed by atoms with Crippen molar-refractivity contribution in [1.82, 2.24) is 0 Å². The number of ether oxygens (including phenoxy) is 1. The Balaban J connectivity index is 3.13. The SMILES string of the molecule is CC(COc1ccc(C(=O)O)cc1S(N)(=O)=O)C(N)=O. The Hall–Kier alpha value is -2.13. The van der Waals surface area contributed by atoms with Crippen molar-refractivity contribution >= 4 is 21.9 Å². The number of carbonyl (C=O) groups excluding carboxylic acids is 1. The molecule has 0 saturated heterocycles. The maximum absolute atomic E-state index is 11.4. The molecule has 0 heterocycles. The molecule has 0 saturated carbocycles. The zero-order valence-corrected chi connectivity index (χ0v) is 11.4. The zero-order valence-electron chi connectivity index (χ0n) is 10.6. The Morgan fingerprint density at radius 3 is 2.45 bits per heavy atom. The van der Waals surface area contributed by atoms with Gasteiger partial charge in [-0.1, -0.05) is 6.92 Å². The lowest BCUT2D eigenvalue weighted by Crippen LogP contribution is -2.26. The van der Waals surface area contributed by atoms with E-state index in [1.165, 1.54) is 13.0 Å². The summed E-state index contributed by atoms with van der Waals surface area (Å²) < 4.78 is 28.0. The van der Waals surface area contributed by atoms with Crippen LogP contribution in [0.1, 0.15) is 17.3 Å². The van der Waals surface area contributed by atoms with Gasteiger partial charge in [0, 0.05) is 0 Å². The maximum Gasteiger partial charge on any atom is 0.335 e. The Bertz CT molecular complexity index is 640. The third kappa shape index (κ3) is 3.93. The fraction of sp³-hybridized carbons (Fsp3) is 0.273. The van der Waals surface area contributed by atoms with Gasteiger partial charge in [0.2, 0.25) is 15.9 Å². The van der Waals surface area contributed by atoms with Crippen LogP contribution in [0.25, 0.3) is 0 Å². The van der Waals surface area contributed by atoms with Gasteiger partial charge in [0.15, 0.2) is 0 Å². The second-order valence-electron chi connectivity index (χ2n) is 4.13. The summed E-state index contributed by atoms with van der Waals surface area (Å²) >= 11 is 0. The minimum Gasteiger partial charge on any atom is -0.491 e. The van der Waals surface area contributed by atoms with Gasteiger partial charge in [-0.05, 0) is 18.2 Å². The van der Waals surface area contributed by atoms with Gasteiger partial charge < -0.3 is 15.6 Å². The molecule has 1 unspecified atom stereocenters. The van der Waals surface area contributed by atoms with Crippen LogP contribution in [0.2, 0.25) is 0 Å². The number of rotatable bonds is 6.